The topological polar surface area (TPSA) is 70.7 Å². The normalized spacial score (nSPS) is 10.6. The second-order valence-corrected chi connectivity index (χ2v) is 5.33. The summed E-state index contributed by atoms with van der Waals surface area (Å²) < 4.78 is 16.9. The average Bonchev–Trinajstić information content (AvgIpc) is 2.90. The van der Waals surface area contributed by atoms with Gasteiger partial charge < -0.3 is 13.9 Å². The van der Waals surface area contributed by atoms with Gasteiger partial charge in [-0.3, -0.25) is 4.79 Å². The Kier molecular flexibility index (Phi) is 4.18. The van der Waals surface area contributed by atoms with Crippen LogP contribution in [0.2, 0.25) is 0 Å². The number of fused-ring (bicyclic) bond motifs is 1. The predicted octanol–water partition coefficient (Wildman–Crippen LogP) is 4.22. The van der Waals surface area contributed by atoms with Crippen LogP contribution in [0.25, 0.3) is 11.1 Å². The van der Waals surface area contributed by atoms with Gasteiger partial charge in [0.1, 0.15) is 11.5 Å². The Hall–Kier alpha value is -2.93. The maximum Gasteiger partial charge on any atom is 0.427 e. The molecule has 0 unspecified atom stereocenters. The van der Waals surface area contributed by atoms with Gasteiger partial charge in [-0.1, -0.05) is 0 Å². The zero-order valence-electron chi connectivity index (χ0n) is 12.9. The first kappa shape index (κ1) is 15.9. The fraction of sp³-hybridized carbons (Fsp3) is 0.118. The molecule has 0 saturated carbocycles. The summed E-state index contributed by atoms with van der Waals surface area (Å²) >= 11 is 5.08. The molecule has 122 valence electrons. The van der Waals surface area contributed by atoms with Crippen molar-refractivity contribution >= 4 is 35.2 Å². The minimum atomic E-state index is -0.695. The van der Waals surface area contributed by atoms with Crippen molar-refractivity contribution in [3.63, 3.8) is 0 Å². The third-order valence-corrected chi connectivity index (χ3v) is 3.70. The smallest absolute Gasteiger partial charge is 0.427 e. The number of ketones is 1. The number of methoxy groups -OCH3 is 1. The van der Waals surface area contributed by atoms with Gasteiger partial charge in [-0.25, -0.2) is 9.36 Å². The van der Waals surface area contributed by atoms with Gasteiger partial charge in [0, 0.05) is 5.56 Å². The Morgan fingerprint density at radius 3 is 2.38 bits per heavy atom. The fourth-order valence-electron chi connectivity index (χ4n) is 2.20. The molecule has 1 aromatic heterocycles. The van der Waals surface area contributed by atoms with Crippen LogP contribution in [0.15, 0.2) is 46.9 Å². The van der Waals surface area contributed by atoms with E-state index in [1.807, 2.05) is 0 Å². The molecule has 0 N–H and O–H groups in total. The summed E-state index contributed by atoms with van der Waals surface area (Å²) in [5.41, 5.74) is 1.25. The molecule has 7 heteroatoms. The van der Waals surface area contributed by atoms with Crippen molar-refractivity contribution in [3.8, 4) is 11.5 Å². The Labute approximate surface area is 142 Å². The third-order valence-electron chi connectivity index (χ3n) is 3.43. The Bertz CT molecular complexity index is 984. The zero-order valence-corrected chi connectivity index (χ0v) is 13.8. The number of carbonyl (C=O) groups excluding carboxylic acids is 2. The van der Waals surface area contributed by atoms with Crippen LogP contribution >= 0.6 is 12.2 Å². The summed E-state index contributed by atoms with van der Waals surface area (Å²) in [6, 6.07) is 11.3. The second-order valence-electron chi connectivity index (χ2n) is 4.99. The van der Waals surface area contributed by atoms with Crippen LogP contribution in [0.1, 0.15) is 17.3 Å². The summed E-state index contributed by atoms with van der Waals surface area (Å²) in [6.45, 7) is 1.45. The molecule has 3 rings (SSSR count). The van der Waals surface area contributed by atoms with Crippen LogP contribution < -0.4 is 9.47 Å². The largest absolute Gasteiger partial charge is 0.497 e. The number of Topliss-reactive ketones (excluding diaryl/α,β-unsaturated/α-hetero) is 1. The molecule has 3 aromatic rings. The lowest BCUT2D eigenvalue weighted by Crippen LogP contribution is -2.16. The summed E-state index contributed by atoms with van der Waals surface area (Å²) in [5.74, 6) is 0.890. The molecule has 0 amide bonds. The summed E-state index contributed by atoms with van der Waals surface area (Å²) in [4.78, 5) is 23.8. The number of carbonyl (C=O) groups is 2. The molecule has 24 heavy (non-hydrogen) atoms. The highest BCUT2D eigenvalue weighted by Crippen LogP contribution is 2.22. The van der Waals surface area contributed by atoms with E-state index in [0.29, 0.717) is 28.2 Å². The number of hydrogen-bond acceptors (Lipinski definition) is 6. The van der Waals surface area contributed by atoms with Gasteiger partial charge in [0.15, 0.2) is 11.4 Å². The minimum absolute atomic E-state index is 0.0517. The van der Waals surface area contributed by atoms with E-state index in [0.717, 1.165) is 4.57 Å². The molecule has 0 atom stereocenters. The molecule has 2 aromatic carbocycles. The van der Waals surface area contributed by atoms with E-state index in [2.05, 4.69) is 0 Å². The molecular formula is C17H13NO5S. The molecule has 0 spiro atoms. The van der Waals surface area contributed by atoms with Gasteiger partial charge >= 0.3 is 6.09 Å². The van der Waals surface area contributed by atoms with Crippen molar-refractivity contribution in [1.29, 1.82) is 0 Å². The molecule has 0 aliphatic rings. The standard InChI is InChI=1S/C17H13NO5S/c1-10(19)11-3-8-14-15(9-11)23-17(24)18(14)16(20)22-13-6-4-12(21-2)5-7-13/h3-9H,1-2H3. The number of oxazole rings is 1. The van der Waals surface area contributed by atoms with Crippen LogP contribution in [0, 0.1) is 4.84 Å². The lowest BCUT2D eigenvalue weighted by molar-refractivity contribution is 0.101. The van der Waals surface area contributed by atoms with E-state index in [9.17, 15) is 9.59 Å². The number of aromatic nitrogens is 1. The van der Waals surface area contributed by atoms with Crippen LogP contribution in [0.5, 0.6) is 11.5 Å². The van der Waals surface area contributed by atoms with Gasteiger partial charge in [0.25, 0.3) is 4.84 Å². The lowest BCUT2D eigenvalue weighted by atomic mass is 10.1. The Balaban J connectivity index is 1.95. The van der Waals surface area contributed by atoms with E-state index < -0.39 is 6.09 Å². The van der Waals surface area contributed by atoms with Crippen LogP contribution in [-0.2, 0) is 0 Å². The maximum atomic E-state index is 12.4. The highest BCUT2D eigenvalue weighted by atomic mass is 32.1. The van der Waals surface area contributed by atoms with Crippen LogP contribution in [0.4, 0.5) is 4.79 Å². The number of rotatable bonds is 3. The third kappa shape index (κ3) is 2.93. The van der Waals surface area contributed by atoms with Gasteiger partial charge in [-0.05, 0) is 61.6 Å². The van der Waals surface area contributed by atoms with Crippen molar-refractivity contribution < 1.29 is 23.5 Å². The molecule has 0 bridgehead atoms. The quantitative estimate of drug-likeness (QED) is 0.524. The van der Waals surface area contributed by atoms with Gasteiger partial charge in [0.05, 0.1) is 12.6 Å². The van der Waals surface area contributed by atoms with Crippen molar-refractivity contribution in [2.24, 2.45) is 0 Å². The number of ether oxygens (including phenoxy) is 2. The summed E-state index contributed by atoms with van der Waals surface area (Å²) in [6.07, 6.45) is -0.695. The van der Waals surface area contributed by atoms with E-state index in [-0.39, 0.29) is 10.6 Å². The van der Waals surface area contributed by atoms with Crippen molar-refractivity contribution in [2.45, 2.75) is 6.92 Å². The zero-order chi connectivity index (χ0) is 17.3. The average molecular weight is 343 g/mol. The van der Waals surface area contributed by atoms with E-state index in [1.165, 1.54) is 6.92 Å². The molecule has 0 aliphatic carbocycles. The monoisotopic (exact) mass is 343 g/mol. The number of hydrogen-bond donors (Lipinski definition) is 0. The van der Waals surface area contributed by atoms with E-state index in [4.69, 9.17) is 26.1 Å². The van der Waals surface area contributed by atoms with Gasteiger partial charge in [-0.15, -0.1) is 0 Å². The van der Waals surface area contributed by atoms with Crippen molar-refractivity contribution in [1.82, 2.24) is 4.57 Å². The molecule has 6 nitrogen and oxygen atoms in total. The first-order valence-corrected chi connectivity index (χ1v) is 7.43. The van der Waals surface area contributed by atoms with Crippen molar-refractivity contribution in [2.75, 3.05) is 7.11 Å². The molecule has 1 heterocycles. The highest BCUT2D eigenvalue weighted by molar-refractivity contribution is 7.71. The Morgan fingerprint density at radius 1 is 1.08 bits per heavy atom. The first-order chi connectivity index (χ1) is 11.5. The van der Waals surface area contributed by atoms with E-state index >= 15 is 0 Å². The minimum Gasteiger partial charge on any atom is -0.497 e. The summed E-state index contributed by atoms with van der Waals surface area (Å²) in [7, 11) is 1.55. The van der Waals surface area contributed by atoms with Gasteiger partial charge in [0.2, 0.25) is 0 Å². The molecule has 0 radical (unpaired) electrons. The predicted molar refractivity (Wildman–Crippen MR) is 89.5 cm³/mol. The molecular weight excluding hydrogens is 330 g/mol. The SMILES string of the molecule is COc1ccc(OC(=O)n2c(=S)oc3cc(C(C)=O)ccc32)cc1. The van der Waals surface area contributed by atoms with Crippen LogP contribution in [-0.4, -0.2) is 23.6 Å². The molecule has 0 saturated heterocycles. The molecule has 0 fully saturated rings. The van der Waals surface area contributed by atoms with Gasteiger partial charge in [-0.2, -0.15) is 0 Å². The number of nitrogens with zero attached hydrogens (tertiary/aromatic N) is 1. The number of benzene rings is 2. The molecule has 0 aliphatic heterocycles. The van der Waals surface area contributed by atoms with Crippen molar-refractivity contribution in [3.05, 3.63) is 52.9 Å². The van der Waals surface area contributed by atoms with Crippen LogP contribution in [0.3, 0.4) is 0 Å². The Morgan fingerprint density at radius 2 is 1.75 bits per heavy atom. The summed E-state index contributed by atoms with van der Waals surface area (Å²) in [5, 5.41) is 0. The first-order valence-electron chi connectivity index (χ1n) is 7.02. The fourth-order valence-corrected chi connectivity index (χ4v) is 2.46. The maximum absolute atomic E-state index is 12.4. The van der Waals surface area contributed by atoms with E-state index in [1.54, 1.807) is 49.6 Å². The lowest BCUT2D eigenvalue weighted by Gasteiger charge is -2.06. The highest BCUT2D eigenvalue weighted by Gasteiger charge is 2.17. The second kappa shape index (κ2) is 6.29.